The van der Waals surface area contributed by atoms with Crippen molar-refractivity contribution in [3.8, 4) is 11.5 Å². The molecule has 0 saturated heterocycles. The van der Waals surface area contributed by atoms with E-state index >= 15 is 0 Å². The molecule has 0 unspecified atom stereocenters. The predicted molar refractivity (Wildman–Crippen MR) is 88.7 cm³/mol. The van der Waals surface area contributed by atoms with Gasteiger partial charge in [-0.15, -0.1) is 0 Å². The van der Waals surface area contributed by atoms with Gasteiger partial charge in [0.1, 0.15) is 11.5 Å². The average molecular weight is 343 g/mol. The number of benzene rings is 2. The molecule has 25 heavy (non-hydrogen) atoms. The molecule has 2 aromatic carbocycles. The van der Waals surface area contributed by atoms with Crippen LogP contribution < -0.4 is 15.2 Å². The summed E-state index contributed by atoms with van der Waals surface area (Å²) in [5.74, 6) is -0.961. The summed E-state index contributed by atoms with van der Waals surface area (Å²) in [7, 11) is 1.52. The number of para-hydroxylation sites is 1. The van der Waals surface area contributed by atoms with E-state index in [0.717, 1.165) is 0 Å². The summed E-state index contributed by atoms with van der Waals surface area (Å²) in [6.07, 6.45) is 0. The Kier molecular flexibility index (Phi) is 6.11. The summed E-state index contributed by atoms with van der Waals surface area (Å²) in [6.45, 7) is -0.855. The van der Waals surface area contributed by atoms with Crippen LogP contribution in [0.4, 0.5) is 0 Å². The lowest BCUT2D eigenvalue weighted by atomic mass is 10.1. The molecule has 2 aromatic rings. The zero-order valence-corrected chi connectivity index (χ0v) is 13.6. The number of ketones is 1. The molecule has 130 valence electrons. The maximum atomic E-state index is 11.9. The lowest BCUT2D eigenvalue weighted by molar-refractivity contribution is -0.144. The predicted octanol–water partition coefficient (Wildman–Crippen LogP) is 1.60. The van der Waals surface area contributed by atoms with Gasteiger partial charge in [0.15, 0.2) is 19.0 Å². The van der Waals surface area contributed by atoms with Crippen molar-refractivity contribution in [1.82, 2.24) is 0 Å². The lowest BCUT2D eigenvalue weighted by Gasteiger charge is -2.09. The van der Waals surface area contributed by atoms with Crippen molar-refractivity contribution in [3.63, 3.8) is 0 Å². The first-order valence-electron chi connectivity index (χ1n) is 7.35. The highest BCUT2D eigenvalue weighted by molar-refractivity contribution is 5.98. The highest BCUT2D eigenvalue weighted by atomic mass is 16.6. The van der Waals surface area contributed by atoms with Gasteiger partial charge in [-0.2, -0.15) is 0 Å². The number of hydrogen-bond acceptors (Lipinski definition) is 6. The number of primary amides is 1. The van der Waals surface area contributed by atoms with Crippen molar-refractivity contribution in [2.45, 2.75) is 0 Å². The van der Waals surface area contributed by atoms with Gasteiger partial charge in [-0.1, -0.05) is 12.1 Å². The van der Waals surface area contributed by atoms with E-state index in [9.17, 15) is 14.4 Å². The van der Waals surface area contributed by atoms with Crippen LogP contribution >= 0.6 is 0 Å². The van der Waals surface area contributed by atoms with Crippen LogP contribution in [0.3, 0.4) is 0 Å². The van der Waals surface area contributed by atoms with E-state index in [4.69, 9.17) is 19.9 Å². The highest BCUT2D eigenvalue weighted by Crippen LogP contribution is 2.17. The first-order valence-corrected chi connectivity index (χ1v) is 7.35. The molecule has 2 N–H and O–H groups in total. The van der Waals surface area contributed by atoms with E-state index in [-0.39, 0.29) is 17.1 Å². The largest absolute Gasteiger partial charge is 0.497 e. The third kappa shape index (κ3) is 5.07. The van der Waals surface area contributed by atoms with Crippen LogP contribution in [0, 0.1) is 0 Å². The van der Waals surface area contributed by atoms with Crippen molar-refractivity contribution in [2.24, 2.45) is 5.73 Å². The second-order valence-corrected chi connectivity index (χ2v) is 4.96. The Morgan fingerprint density at radius 1 is 0.960 bits per heavy atom. The second kappa shape index (κ2) is 8.49. The Balaban J connectivity index is 1.84. The summed E-state index contributed by atoms with van der Waals surface area (Å²) in [5.41, 5.74) is 5.77. The van der Waals surface area contributed by atoms with Crippen LogP contribution in [0.15, 0.2) is 48.5 Å². The molecule has 7 heteroatoms. The molecular weight excluding hydrogens is 326 g/mol. The van der Waals surface area contributed by atoms with E-state index in [2.05, 4.69) is 0 Å². The lowest BCUT2D eigenvalue weighted by Crippen LogP contribution is -2.20. The van der Waals surface area contributed by atoms with Crippen molar-refractivity contribution < 1.29 is 28.6 Å². The standard InChI is InChI=1S/C18H17NO6/c1-23-13-8-6-12(7-9-13)15(20)10-25-17(21)11-24-16-5-3-2-4-14(16)18(19)22/h2-9H,10-11H2,1H3,(H2,19,22). The fourth-order valence-corrected chi connectivity index (χ4v) is 1.98. The van der Waals surface area contributed by atoms with Crippen molar-refractivity contribution >= 4 is 17.7 Å². The number of ether oxygens (including phenoxy) is 3. The number of rotatable bonds is 8. The number of methoxy groups -OCH3 is 1. The highest BCUT2D eigenvalue weighted by Gasteiger charge is 2.13. The van der Waals surface area contributed by atoms with E-state index < -0.39 is 25.1 Å². The Morgan fingerprint density at radius 2 is 1.64 bits per heavy atom. The minimum Gasteiger partial charge on any atom is -0.497 e. The molecule has 0 fully saturated rings. The molecule has 0 aliphatic carbocycles. The van der Waals surface area contributed by atoms with Gasteiger partial charge < -0.3 is 19.9 Å². The van der Waals surface area contributed by atoms with Crippen LogP contribution in [-0.2, 0) is 9.53 Å². The molecule has 0 saturated carbocycles. The van der Waals surface area contributed by atoms with Crippen LogP contribution in [0.25, 0.3) is 0 Å². The smallest absolute Gasteiger partial charge is 0.344 e. The third-order valence-corrected chi connectivity index (χ3v) is 3.27. The minimum atomic E-state index is -0.735. The van der Waals surface area contributed by atoms with Gasteiger partial charge in [0.2, 0.25) is 0 Å². The van der Waals surface area contributed by atoms with E-state index in [0.29, 0.717) is 11.3 Å². The number of esters is 1. The Hall–Kier alpha value is -3.35. The fraction of sp³-hybridized carbons (Fsp3) is 0.167. The van der Waals surface area contributed by atoms with Gasteiger partial charge in [-0.3, -0.25) is 9.59 Å². The maximum Gasteiger partial charge on any atom is 0.344 e. The second-order valence-electron chi connectivity index (χ2n) is 4.96. The summed E-state index contributed by atoms with van der Waals surface area (Å²) in [5, 5.41) is 0. The van der Waals surface area contributed by atoms with Gasteiger partial charge in [-0.05, 0) is 36.4 Å². The number of nitrogens with two attached hydrogens (primary N) is 1. The Labute approximate surface area is 144 Å². The summed E-state index contributed by atoms with van der Waals surface area (Å²) in [6, 6.07) is 12.7. The van der Waals surface area contributed by atoms with Gasteiger partial charge >= 0.3 is 5.97 Å². The van der Waals surface area contributed by atoms with Crippen LogP contribution in [-0.4, -0.2) is 38.0 Å². The monoisotopic (exact) mass is 343 g/mol. The molecule has 7 nitrogen and oxygen atoms in total. The van der Waals surface area contributed by atoms with Crippen LogP contribution in [0.2, 0.25) is 0 Å². The molecule has 0 aliphatic heterocycles. The molecule has 0 spiro atoms. The number of carbonyl (C=O) groups excluding carboxylic acids is 3. The van der Waals surface area contributed by atoms with Gasteiger partial charge in [0.25, 0.3) is 5.91 Å². The maximum absolute atomic E-state index is 11.9. The van der Waals surface area contributed by atoms with Crippen molar-refractivity contribution in [2.75, 3.05) is 20.3 Å². The van der Waals surface area contributed by atoms with E-state index in [1.54, 1.807) is 36.4 Å². The number of amides is 1. The van der Waals surface area contributed by atoms with Crippen molar-refractivity contribution in [3.05, 3.63) is 59.7 Å². The van der Waals surface area contributed by atoms with Gasteiger partial charge in [0, 0.05) is 5.56 Å². The number of carbonyl (C=O) groups is 3. The Morgan fingerprint density at radius 3 is 2.28 bits per heavy atom. The van der Waals surface area contributed by atoms with Crippen molar-refractivity contribution in [1.29, 1.82) is 0 Å². The zero-order chi connectivity index (χ0) is 18.2. The molecule has 0 aromatic heterocycles. The third-order valence-electron chi connectivity index (χ3n) is 3.27. The SMILES string of the molecule is COc1ccc(C(=O)COC(=O)COc2ccccc2C(N)=O)cc1. The van der Waals surface area contributed by atoms with E-state index in [1.165, 1.54) is 19.2 Å². The molecule has 2 rings (SSSR count). The quantitative estimate of drug-likeness (QED) is 0.576. The van der Waals surface area contributed by atoms with Gasteiger partial charge in [0.05, 0.1) is 12.7 Å². The fourth-order valence-electron chi connectivity index (χ4n) is 1.98. The summed E-state index contributed by atoms with van der Waals surface area (Å²) in [4.78, 5) is 34.9. The molecule has 0 radical (unpaired) electrons. The summed E-state index contributed by atoms with van der Waals surface area (Å²) >= 11 is 0. The molecule has 0 aliphatic rings. The summed E-state index contributed by atoms with van der Waals surface area (Å²) < 4.78 is 15.1. The van der Waals surface area contributed by atoms with Crippen LogP contribution in [0.1, 0.15) is 20.7 Å². The Bertz CT molecular complexity index is 769. The molecule has 0 heterocycles. The number of Topliss-reactive ketones (excluding diaryl/α,β-unsaturated/α-hetero) is 1. The molecular formula is C18H17NO6. The first-order chi connectivity index (χ1) is 12.0. The van der Waals surface area contributed by atoms with Crippen LogP contribution in [0.5, 0.6) is 11.5 Å². The minimum absolute atomic E-state index is 0.157. The average Bonchev–Trinajstić information content (AvgIpc) is 2.64. The normalized spacial score (nSPS) is 9.96. The number of hydrogen-bond donors (Lipinski definition) is 1. The molecule has 0 bridgehead atoms. The molecule has 1 amide bonds. The van der Waals surface area contributed by atoms with Gasteiger partial charge in [-0.25, -0.2) is 4.79 Å². The topological polar surface area (TPSA) is 105 Å². The van der Waals surface area contributed by atoms with E-state index in [1.807, 2.05) is 0 Å². The first kappa shape index (κ1) is 18.0. The molecule has 0 atom stereocenters. The zero-order valence-electron chi connectivity index (χ0n) is 13.6.